The van der Waals surface area contributed by atoms with Crippen molar-refractivity contribution in [3.8, 4) is 0 Å². The lowest BCUT2D eigenvalue weighted by atomic mass is 10.1. The highest BCUT2D eigenvalue weighted by Gasteiger charge is 2.22. The molecule has 1 aromatic heterocycles. The Morgan fingerprint density at radius 1 is 1.39 bits per heavy atom. The third-order valence-electron chi connectivity index (χ3n) is 4.43. The van der Waals surface area contributed by atoms with Crippen molar-refractivity contribution in [2.45, 2.75) is 12.6 Å². The molecule has 0 saturated carbocycles. The molecule has 31 heavy (non-hydrogen) atoms. The second kappa shape index (κ2) is 9.80. The van der Waals surface area contributed by atoms with E-state index in [0.717, 1.165) is 10.7 Å². The number of aliphatic hydroxyl groups is 1. The second-order valence-corrected chi connectivity index (χ2v) is 10.6. The standard InChI is InChI=1S/C19H21BrClFN4O4S/c1-26-10-23-18-15(26)9-12(19(27)25-30-6-3-7-31(2,28)29)17(16(18)22)24-14-5-4-11(20)8-13(14)21/h4-5,8-10,19,24-25,27H,3,6-7H2,1-2H3. The highest BCUT2D eigenvalue weighted by molar-refractivity contribution is 9.10. The van der Waals surface area contributed by atoms with Crippen LogP contribution in [-0.4, -0.2) is 41.7 Å². The lowest BCUT2D eigenvalue weighted by Crippen LogP contribution is -2.24. The third-order valence-corrected chi connectivity index (χ3v) is 6.27. The van der Waals surface area contributed by atoms with Crippen LogP contribution in [0.25, 0.3) is 11.0 Å². The molecule has 0 aliphatic rings. The summed E-state index contributed by atoms with van der Waals surface area (Å²) in [6, 6.07) is 6.64. The Balaban J connectivity index is 1.89. The van der Waals surface area contributed by atoms with Gasteiger partial charge in [0, 0.05) is 23.3 Å². The molecule has 0 aliphatic heterocycles. The smallest absolute Gasteiger partial charge is 0.174 e. The van der Waals surface area contributed by atoms with Crippen molar-refractivity contribution in [2.24, 2.45) is 7.05 Å². The van der Waals surface area contributed by atoms with E-state index in [1.54, 1.807) is 35.9 Å². The van der Waals surface area contributed by atoms with Crippen molar-refractivity contribution in [1.29, 1.82) is 0 Å². The molecule has 1 atom stereocenters. The minimum absolute atomic E-state index is 0.0184. The number of aromatic nitrogens is 2. The predicted octanol–water partition coefficient (Wildman–Crippen LogP) is 3.82. The zero-order valence-corrected chi connectivity index (χ0v) is 19.9. The van der Waals surface area contributed by atoms with Crippen LogP contribution in [0.15, 0.2) is 35.1 Å². The Hall–Kier alpha value is -1.76. The Kier molecular flexibility index (Phi) is 7.55. The zero-order valence-electron chi connectivity index (χ0n) is 16.7. The summed E-state index contributed by atoms with van der Waals surface area (Å²) in [5.41, 5.74) is 3.60. The van der Waals surface area contributed by atoms with Crippen molar-refractivity contribution in [3.63, 3.8) is 0 Å². The van der Waals surface area contributed by atoms with Crippen molar-refractivity contribution in [3.05, 3.63) is 51.5 Å². The predicted molar refractivity (Wildman–Crippen MR) is 121 cm³/mol. The summed E-state index contributed by atoms with van der Waals surface area (Å²) >= 11 is 9.57. The largest absolute Gasteiger partial charge is 0.372 e. The molecule has 3 rings (SSSR count). The number of anilines is 2. The summed E-state index contributed by atoms with van der Waals surface area (Å²) in [5.74, 6) is -0.708. The van der Waals surface area contributed by atoms with Gasteiger partial charge in [0.1, 0.15) is 15.4 Å². The average Bonchev–Trinajstić information content (AvgIpc) is 3.05. The van der Waals surface area contributed by atoms with Crippen LogP contribution in [0.2, 0.25) is 5.02 Å². The van der Waals surface area contributed by atoms with Crippen LogP contribution in [0.5, 0.6) is 0 Å². The number of hydrogen-bond acceptors (Lipinski definition) is 7. The summed E-state index contributed by atoms with van der Waals surface area (Å²) in [4.78, 5) is 9.27. The number of benzene rings is 2. The molecule has 8 nitrogen and oxygen atoms in total. The molecule has 0 bridgehead atoms. The normalized spacial score (nSPS) is 13.0. The van der Waals surface area contributed by atoms with Gasteiger partial charge in [0.2, 0.25) is 0 Å². The van der Waals surface area contributed by atoms with Gasteiger partial charge in [-0.05, 0) is 30.7 Å². The molecule has 3 N–H and O–H groups in total. The number of imidazole rings is 1. The molecule has 168 valence electrons. The van der Waals surface area contributed by atoms with E-state index in [9.17, 15) is 13.5 Å². The first-order chi connectivity index (χ1) is 14.6. The van der Waals surface area contributed by atoms with E-state index < -0.39 is 21.9 Å². The number of hydroxylamine groups is 1. The highest BCUT2D eigenvalue weighted by Crippen LogP contribution is 2.36. The molecular weight excluding hydrogens is 515 g/mol. The van der Waals surface area contributed by atoms with Gasteiger partial charge >= 0.3 is 0 Å². The molecule has 1 unspecified atom stereocenters. The van der Waals surface area contributed by atoms with Crippen LogP contribution in [0.3, 0.4) is 0 Å². The van der Waals surface area contributed by atoms with Gasteiger partial charge in [-0.1, -0.05) is 27.5 Å². The highest BCUT2D eigenvalue weighted by atomic mass is 79.9. The van der Waals surface area contributed by atoms with Gasteiger partial charge in [-0.15, -0.1) is 0 Å². The number of fused-ring (bicyclic) bond motifs is 1. The van der Waals surface area contributed by atoms with Crippen molar-refractivity contribution < 1.29 is 22.8 Å². The van der Waals surface area contributed by atoms with Crippen LogP contribution >= 0.6 is 27.5 Å². The summed E-state index contributed by atoms with van der Waals surface area (Å²) in [6.45, 7) is 0.0435. The van der Waals surface area contributed by atoms with Gasteiger partial charge in [0.05, 0.1) is 40.6 Å². The number of aryl methyl sites for hydroxylation is 1. The van der Waals surface area contributed by atoms with Gasteiger partial charge in [-0.2, -0.15) is 5.48 Å². The number of nitrogens with zero attached hydrogens (tertiary/aromatic N) is 2. The molecule has 0 amide bonds. The SMILES string of the molecule is Cn1cnc2c(F)c(Nc3ccc(Br)cc3Cl)c(C(O)NOCCCS(C)(=O)=O)cc21. The summed E-state index contributed by atoms with van der Waals surface area (Å²) < 4.78 is 40.1. The molecule has 0 spiro atoms. The first kappa shape index (κ1) is 23.9. The van der Waals surface area contributed by atoms with Crippen molar-refractivity contribution in [2.75, 3.05) is 23.9 Å². The summed E-state index contributed by atoms with van der Waals surface area (Å²) in [5, 5.41) is 13.9. The molecular formula is C19H21BrClFN4O4S. The Bertz CT molecular complexity index is 1210. The molecule has 12 heteroatoms. The van der Waals surface area contributed by atoms with E-state index in [4.69, 9.17) is 16.4 Å². The number of sulfone groups is 1. The molecule has 0 fully saturated rings. The lowest BCUT2D eigenvalue weighted by molar-refractivity contribution is -0.0577. The third kappa shape index (κ3) is 5.93. The quantitative estimate of drug-likeness (QED) is 0.217. The maximum Gasteiger partial charge on any atom is 0.174 e. The van der Waals surface area contributed by atoms with Crippen molar-refractivity contribution in [1.82, 2.24) is 15.0 Å². The van der Waals surface area contributed by atoms with E-state index in [1.807, 2.05) is 0 Å². The Morgan fingerprint density at radius 3 is 2.81 bits per heavy atom. The van der Waals surface area contributed by atoms with Gasteiger partial charge in [0.15, 0.2) is 12.0 Å². The summed E-state index contributed by atoms with van der Waals surface area (Å²) in [6.07, 6.45) is 1.43. The Morgan fingerprint density at radius 2 is 2.13 bits per heavy atom. The topological polar surface area (TPSA) is 105 Å². The monoisotopic (exact) mass is 534 g/mol. The van der Waals surface area contributed by atoms with E-state index in [2.05, 4.69) is 31.7 Å². The fourth-order valence-corrected chi connectivity index (χ4v) is 4.27. The maximum atomic E-state index is 15.3. The van der Waals surface area contributed by atoms with Crippen LogP contribution < -0.4 is 10.8 Å². The first-order valence-corrected chi connectivity index (χ1v) is 12.4. The fraction of sp³-hybridized carbons (Fsp3) is 0.316. The van der Waals surface area contributed by atoms with E-state index in [-0.39, 0.29) is 35.5 Å². The molecule has 0 aliphatic carbocycles. The van der Waals surface area contributed by atoms with Crippen LogP contribution in [-0.2, 0) is 21.7 Å². The van der Waals surface area contributed by atoms with Gasteiger partial charge in [-0.25, -0.2) is 17.8 Å². The number of halogens is 3. The van der Waals surface area contributed by atoms with Crippen LogP contribution in [0.4, 0.5) is 15.8 Å². The molecule has 0 saturated heterocycles. The zero-order chi connectivity index (χ0) is 22.8. The van der Waals surface area contributed by atoms with Crippen molar-refractivity contribution >= 4 is 59.8 Å². The molecule has 1 heterocycles. The van der Waals surface area contributed by atoms with E-state index >= 15 is 4.39 Å². The number of nitrogens with one attached hydrogen (secondary N) is 2. The number of aliphatic hydroxyl groups excluding tert-OH is 1. The van der Waals surface area contributed by atoms with Gasteiger partial charge in [0.25, 0.3) is 0 Å². The minimum Gasteiger partial charge on any atom is -0.372 e. The number of rotatable bonds is 9. The molecule has 0 radical (unpaired) electrons. The Labute approximate surface area is 192 Å². The molecule has 3 aromatic rings. The van der Waals surface area contributed by atoms with Crippen LogP contribution in [0, 0.1) is 5.82 Å². The van der Waals surface area contributed by atoms with Gasteiger partial charge in [-0.3, -0.25) is 4.84 Å². The summed E-state index contributed by atoms with van der Waals surface area (Å²) in [7, 11) is -1.40. The molecule has 2 aromatic carbocycles. The maximum absolute atomic E-state index is 15.3. The second-order valence-electron chi connectivity index (χ2n) is 6.98. The lowest BCUT2D eigenvalue weighted by Gasteiger charge is -2.20. The van der Waals surface area contributed by atoms with Gasteiger partial charge < -0.3 is 15.0 Å². The first-order valence-electron chi connectivity index (χ1n) is 9.15. The van der Waals surface area contributed by atoms with Crippen LogP contribution in [0.1, 0.15) is 18.2 Å². The van der Waals surface area contributed by atoms with E-state index in [0.29, 0.717) is 16.2 Å². The minimum atomic E-state index is -3.11. The van der Waals surface area contributed by atoms with E-state index in [1.165, 1.54) is 6.33 Å². The average molecular weight is 536 g/mol. The number of hydrogen-bond donors (Lipinski definition) is 3. The fourth-order valence-electron chi connectivity index (χ4n) is 2.91.